The summed E-state index contributed by atoms with van der Waals surface area (Å²) in [6, 6.07) is 20.1. The lowest BCUT2D eigenvalue weighted by Crippen LogP contribution is -2.25. The number of carbonyl (C=O) groups excluding carboxylic acids is 1. The van der Waals surface area contributed by atoms with E-state index in [1.807, 2.05) is 54.9 Å². The topological polar surface area (TPSA) is 51.9 Å². The van der Waals surface area contributed by atoms with Gasteiger partial charge in [0.05, 0.1) is 11.4 Å². The van der Waals surface area contributed by atoms with E-state index in [1.54, 1.807) is 0 Å². The van der Waals surface area contributed by atoms with Crippen LogP contribution in [0.25, 0.3) is 16.6 Å². The van der Waals surface area contributed by atoms with Crippen molar-refractivity contribution in [3.8, 4) is 5.69 Å². The third kappa shape index (κ3) is 3.69. The molecule has 0 bridgehead atoms. The minimum Gasteiger partial charge on any atom is -0.352 e. The van der Waals surface area contributed by atoms with Gasteiger partial charge in [-0.2, -0.15) is 5.10 Å². The van der Waals surface area contributed by atoms with E-state index in [2.05, 4.69) is 45.4 Å². The summed E-state index contributed by atoms with van der Waals surface area (Å²) in [6.45, 7) is 5.52. The highest BCUT2D eigenvalue weighted by Crippen LogP contribution is 2.15. The van der Waals surface area contributed by atoms with Gasteiger partial charge in [0.2, 0.25) is 0 Å². The number of carbonyl (C=O) groups is 1. The SMILES string of the molecule is Cc1cc(C)n(-c2ccc(C(=O)NCCCn3ccc4ccccc43)cc2)n1. The van der Waals surface area contributed by atoms with Crippen molar-refractivity contribution in [3.63, 3.8) is 0 Å². The van der Waals surface area contributed by atoms with Crippen LogP contribution in [0.15, 0.2) is 66.9 Å². The van der Waals surface area contributed by atoms with Gasteiger partial charge in [0.15, 0.2) is 0 Å². The van der Waals surface area contributed by atoms with Crippen LogP contribution < -0.4 is 5.32 Å². The molecule has 0 aliphatic carbocycles. The van der Waals surface area contributed by atoms with Gasteiger partial charge in [-0.05, 0) is 68.1 Å². The average molecular weight is 372 g/mol. The molecule has 28 heavy (non-hydrogen) atoms. The molecule has 0 unspecified atom stereocenters. The molecule has 4 aromatic rings. The van der Waals surface area contributed by atoms with Crippen molar-refractivity contribution >= 4 is 16.8 Å². The highest BCUT2D eigenvalue weighted by Gasteiger charge is 2.08. The maximum absolute atomic E-state index is 12.4. The molecule has 0 spiro atoms. The Hall–Kier alpha value is -3.34. The van der Waals surface area contributed by atoms with Crippen LogP contribution in [0.2, 0.25) is 0 Å². The number of aryl methyl sites for hydroxylation is 3. The Balaban J connectivity index is 1.32. The van der Waals surface area contributed by atoms with Crippen LogP contribution in [0.1, 0.15) is 28.2 Å². The van der Waals surface area contributed by atoms with Gasteiger partial charge in [0.25, 0.3) is 5.91 Å². The van der Waals surface area contributed by atoms with Gasteiger partial charge in [-0.15, -0.1) is 0 Å². The zero-order valence-corrected chi connectivity index (χ0v) is 16.2. The van der Waals surface area contributed by atoms with E-state index in [9.17, 15) is 4.79 Å². The molecule has 0 aliphatic rings. The minimum atomic E-state index is -0.0442. The molecule has 0 aliphatic heterocycles. The van der Waals surface area contributed by atoms with Gasteiger partial charge in [0, 0.05) is 36.1 Å². The smallest absolute Gasteiger partial charge is 0.251 e. The fraction of sp³-hybridized carbons (Fsp3) is 0.217. The van der Waals surface area contributed by atoms with Crippen molar-refractivity contribution in [2.75, 3.05) is 6.54 Å². The molecule has 1 amide bonds. The Morgan fingerprint density at radius 3 is 2.57 bits per heavy atom. The van der Waals surface area contributed by atoms with Gasteiger partial charge >= 0.3 is 0 Å². The predicted octanol–water partition coefficient (Wildman–Crippen LogP) is 4.26. The maximum atomic E-state index is 12.4. The molecule has 5 heteroatoms. The highest BCUT2D eigenvalue weighted by molar-refractivity contribution is 5.94. The molecule has 5 nitrogen and oxygen atoms in total. The van der Waals surface area contributed by atoms with E-state index >= 15 is 0 Å². The van der Waals surface area contributed by atoms with E-state index in [-0.39, 0.29) is 5.91 Å². The summed E-state index contributed by atoms with van der Waals surface area (Å²) >= 11 is 0. The summed E-state index contributed by atoms with van der Waals surface area (Å²) in [4.78, 5) is 12.4. The molecule has 0 radical (unpaired) electrons. The largest absolute Gasteiger partial charge is 0.352 e. The standard InChI is InChI=1S/C23H24N4O/c1-17-16-18(2)27(25-17)21-10-8-20(9-11-21)23(28)24-13-5-14-26-15-12-19-6-3-4-7-22(19)26/h3-4,6-12,15-16H,5,13-14H2,1-2H3,(H,24,28). The monoisotopic (exact) mass is 372 g/mol. The Morgan fingerprint density at radius 1 is 1.04 bits per heavy atom. The first-order valence-corrected chi connectivity index (χ1v) is 9.57. The molecule has 142 valence electrons. The minimum absolute atomic E-state index is 0.0442. The van der Waals surface area contributed by atoms with Crippen molar-refractivity contribution in [2.24, 2.45) is 0 Å². The number of benzene rings is 2. The lowest BCUT2D eigenvalue weighted by atomic mass is 10.2. The quantitative estimate of drug-likeness (QED) is 0.514. The summed E-state index contributed by atoms with van der Waals surface area (Å²) in [6.07, 6.45) is 2.98. The number of nitrogens with one attached hydrogen (secondary N) is 1. The van der Waals surface area contributed by atoms with Gasteiger partial charge in [-0.3, -0.25) is 4.79 Å². The third-order valence-electron chi connectivity index (χ3n) is 4.93. The predicted molar refractivity (Wildman–Crippen MR) is 112 cm³/mol. The number of nitrogens with zero attached hydrogens (tertiary/aromatic N) is 3. The van der Waals surface area contributed by atoms with Crippen LogP contribution in [-0.4, -0.2) is 26.8 Å². The fourth-order valence-corrected chi connectivity index (χ4v) is 3.53. The maximum Gasteiger partial charge on any atom is 0.251 e. The molecular formula is C23H24N4O. The number of aromatic nitrogens is 3. The van der Waals surface area contributed by atoms with Crippen LogP contribution in [0.5, 0.6) is 0 Å². The molecule has 0 atom stereocenters. The summed E-state index contributed by atoms with van der Waals surface area (Å²) < 4.78 is 4.11. The van der Waals surface area contributed by atoms with E-state index in [1.165, 1.54) is 10.9 Å². The molecule has 0 saturated carbocycles. The van der Waals surface area contributed by atoms with Gasteiger partial charge in [-0.25, -0.2) is 4.68 Å². The number of fused-ring (bicyclic) bond motifs is 1. The second-order valence-corrected chi connectivity index (χ2v) is 7.06. The number of amides is 1. The van der Waals surface area contributed by atoms with Crippen molar-refractivity contribution in [1.82, 2.24) is 19.7 Å². The Kier molecular flexibility index (Phi) is 4.98. The van der Waals surface area contributed by atoms with Gasteiger partial charge in [0.1, 0.15) is 0 Å². The zero-order valence-electron chi connectivity index (χ0n) is 16.2. The van der Waals surface area contributed by atoms with Crippen molar-refractivity contribution in [2.45, 2.75) is 26.8 Å². The summed E-state index contributed by atoms with van der Waals surface area (Å²) in [5, 5.41) is 8.73. The van der Waals surface area contributed by atoms with Crippen molar-refractivity contribution in [3.05, 3.63) is 83.8 Å². The first-order valence-electron chi connectivity index (χ1n) is 9.57. The zero-order chi connectivity index (χ0) is 19.5. The molecule has 2 aromatic heterocycles. The van der Waals surface area contributed by atoms with E-state index in [0.29, 0.717) is 12.1 Å². The number of para-hydroxylation sites is 1. The van der Waals surface area contributed by atoms with Gasteiger partial charge in [-0.1, -0.05) is 18.2 Å². The van der Waals surface area contributed by atoms with E-state index < -0.39 is 0 Å². The van der Waals surface area contributed by atoms with Crippen LogP contribution in [0, 0.1) is 13.8 Å². The van der Waals surface area contributed by atoms with E-state index in [0.717, 1.165) is 30.0 Å². The Morgan fingerprint density at radius 2 is 1.82 bits per heavy atom. The van der Waals surface area contributed by atoms with Crippen molar-refractivity contribution < 1.29 is 4.79 Å². The lowest BCUT2D eigenvalue weighted by Gasteiger charge is -2.09. The molecule has 4 rings (SSSR count). The number of hydrogen-bond donors (Lipinski definition) is 1. The lowest BCUT2D eigenvalue weighted by molar-refractivity contribution is 0.0953. The average Bonchev–Trinajstić information content (AvgIpc) is 3.27. The molecular weight excluding hydrogens is 348 g/mol. The second-order valence-electron chi connectivity index (χ2n) is 7.06. The van der Waals surface area contributed by atoms with Crippen LogP contribution in [0.3, 0.4) is 0 Å². The first kappa shape index (κ1) is 18.0. The Bertz CT molecular complexity index is 1110. The normalized spacial score (nSPS) is 11.1. The first-order chi connectivity index (χ1) is 13.6. The molecule has 1 N–H and O–H groups in total. The van der Waals surface area contributed by atoms with Gasteiger partial charge < -0.3 is 9.88 Å². The highest BCUT2D eigenvalue weighted by atomic mass is 16.1. The van der Waals surface area contributed by atoms with Crippen LogP contribution >= 0.6 is 0 Å². The third-order valence-corrected chi connectivity index (χ3v) is 4.93. The fourth-order valence-electron chi connectivity index (χ4n) is 3.53. The molecule has 0 saturated heterocycles. The van der Waals surface area contributed by atoms with Crippen LogP contribution in [-0.2, 0) is 6.54 Å². The molecule has 0 fully saturated rings. The Labute approximate surface area is 164 Å². The summed E-state index contributed by atoms with van der Waals surface area (Å²) in [5.74, 6) is -0.0442. The number of rotatable bonds is 6. The number of hydrogen-bond acceptors (Lipinski definition) is 2. The second kappa shape index (κ2) is 7.72. The van der Waals surface area contributed by atoms with E-state index in [4.69, 9.17) is 0 Å². The summed E-state index contributed by atoms with van der Waals surface area (Å²) in [5.41, 5.74) is 4.91. The van der Waals surface area contributed by atoms with Crippen LogP contribution in [0.4, 0.5) is 0 Å². The summed E-state index contributed by atoms with van der Waals surface area (Å²) in [7, 11) is 0. The molecule has 2 aromatic carbocycles. The van der Waals surface area contributed by atoms with Crippen molar-refractivity contribution in [1.29, 1.82) is 0 Å². The molecule has 2 heterocycles.